The molecule has 0 aromatic carbocycles. The van der Waals surface area contributed by atoms with E-state index in [1.807, 2.05) is 48.5 Å². The zero-order valence-corrected chi connectivity index (χ0v) is 29.4. The van der Waals surface area contributed by atoms with Crippen LogP contribution in [0.3, 0.4) is 0 Å². The topological polar surface area (TPSA) is 170 Å². The van der Waals surface area contributed by atoms with E-state index in [9.17, 15) is 24.0 Å². The van der Waals surface area contributed by atoms with Crippen molar-refractivity contribution < 1.29 is 24.0 Å². The maximum absolute atomic E-state index is 13.6. The minimum atomic E-state index is -0.821. The molecule has 1 aromatic rings. The molecule has 0 aliphatic heterocycles. The standard InChI is InChI=1S/C34H59N7O5/c1-10-13-27(39-33(45)28(19-22(6)7)40-30(42)24-14-16-35-17-15-24)32(44)38-25(18-21(4)5)20-37-26(11-2)31(43)41-29(23(8)9)34(46)36-12-3/h14-17,21-23,25-29,37H,10-13,18-20H2,1-9H3,(H,36,46)(H,38,44)(H,39,45)(H,40,42)(H,41,43)/t25?,26-,27-,28?,29?/m0/s1. The van der Waals surface area contributed by atoms with Gasteiger partial charge in [-0.15, -0.1) is 0 Å². The van der Waals surface area contributed by atoms with Gasteiger partial charge in [-0.1, -0.05) is 61.8 Å². The Labute approximate surface area is 275 Å². The molecule has 260 valence electrons. The van der Waals surface area contributed by atoms with Gasteiger partial charge in [0, 0.05) is 37.1 Å². The first-order valence-electron chi connectivity index (χ1n) is 16.9. The van der Waals surface area contributed by atoms with E-state index in [0.717, 1.165) is 0 Å². The average molecular weight is 646 g/mol. The number of hydrogen-bond acceptors (Lipinski definition) is 7. The van der Waals surface area contributed by atoms with E-state index in [4.69, 9.17) is 0 Å². The lowest BCUT2D eigenvalue weighted by Crippen LogP contribution is -2.58. The second-order valence-corrected chi connectivity index (χ2v) is 13.1. The van der Waals surface area contributed by atoms with Crippen LogP contribution in [0.5, 0.6) is 0 Å². The van der Waals surface area contributed by atoms with Crippen molar-refractivity contribution in [3.8, 4) is 0 Å². The Bertz CT molecular complexity index is 1100. The minimum absolute atomic E-state index is 0.0872. The summed E-state index contributed by atoms with van der Waals surface area (Å²) in [6, 6.07) is 0.0135. The van der Waals surface area contributed by atoms with Crippen LogP contribution in [-0.2, 0) is 19.2 Å². The van der Waals surface area contributed by atoms with Gasteiger partial charge in [0.2, 0.25) is 23.6 Å². The highest BCUT2D eigenvalue weighted by Crippen LogP contribution is 2.10. The van der Waals surface area contributed by atoms with Gasteiger partial charge in [-0.05, 0) is 62.5 Å². The molecule has 0 saturated carbocycles. The highest BCUT2D eigenvalue weighted by Gasteiger charge is 2.30. The van der Waals surface area contributed by atoms with Crippen LogP contribution in [-0.4, -0.2) is 77.8 Å². The number of nitrogens with zero attached hydrogens (tertiary/aromatic N) is 1. The molecule has 3 unspecified atom stereocenters. The zero-order chi connectivity index (χ0) is 34.8. The first-order chi connectivity index (χ1) is 21.7. The molecule has 0 saturated heterocycles. The third-order valence-electron chi connectivity index (χ3n) is 7.52. The summed E-state index contributed by atoms with van der Waals surface area (Å²) in [6.07, 6.45) is 5.65. The molecule has 1 rings (SSSR count). The normalized spacial score (nSPS) is 14.6. The van der Waals surface area contributed by atoms with Crippen LogP contribution in [0.4, 0.5) is 0 Å². The number of aromatic nitrogens is 1. The predicted octanol–water partition coefficient (Wildman–Crippen LogP) is 2.69. The van der Waals surface area contributed by atoms with Crippen molar-refractivity contribution in [2.75, 3.05) is 13.1 Å². The van der Waals surface area contributed by atoms with Crippen molar-refractivity contribution in [1.82, 2.24) is 36.9 Å². The number of carbonyl (C=O) groups is 5. The molecule has 1 aromatic heterocycles. The summed E-state index contributed by atoms with van der Waals surface area (Å²) in [5.41, 5.74) is 0.395. The number of likely N-dealkylation sites (N-methyl/N-ethyl adjacent to an activating group) is 1. The fourth-order valence-corrected chi connectivity index (χ4v) is 5.12. The molecule has 0 aliphatic rings. The number of hydrogen-bond donors (Lipinski definition) is 6. The van der Waals surface area contributed by atoms with Crippen LogP contribution in [0, 0.1) is 17.8 Å². The molecule has 0 radical (unpaired) electrons. The van der Waals surface area contributed by atoms with Crippen LogP contribution in [0.1, 0.15) is 105 Å². The first-order valence-corrected chi connectivity index (χ1v) is 16.9. The third-order valence-corrected chi connectivity index (χ3v) is 7.52. The van der Waals surface area contributed by atoms with Crippen LogP contribution in [0.2, 0.25) is 0 Å². The second kappa shape index (κ2) is 21.3. The van der Waals surface area contributed by atoms with Gasteiger partial charge >= 0.3 is 0 Å². The molecule has 5 amide bonds. The SMILES string of the molecule is CCC[C@H](NC(=O)C(CC(C)C)NC(=O)c1ccncc1)C(=O)NC(CN[C@@H](CC)C(=O)NC(C(=O)NCC)C(C)C)CC(C)C. The van der Waals surface area contributed by atoms with Gasteiger partial charge in [-0.3, -0.25) is 29.0 Å². The number of amides is 5. The Morgan fingerprint density at radius 3 is 1.80 bits per heavy atom. The Kier molecular flexibility index (Phi) is 18.7. The third kappa shape index (κ3) is 14.7. The molecule has 0 spiro atoms. The quantitative estimate of drug-likeness (QED) is 0.119. The monoisotopic (exact) mass is 645 g/mol. The van der Waals surface area contributed by atoms with Crippen molar-refractivity contribution in [1.29, 1.82) is 0 Å². The number of carbonyl (C=O) groups excluding carboxylic acids is 5. The van der Waals surface area contributed by atoms with E-state index in [1.54, 1.807) is 12.1 Å². The highest BCUT2D eigenvalue weighted by molar-refractivity contribution is 5.98. The zero-order valence-electron chi connectivity index (χ0n) is 29.4. The fourth-order valence-electron chi connectivity index (χ4n) is 5.12. The van der Waals surface area contributed by atoms with Gasteiger partial charge < -0.3 is 31.9 Å². The van der Waals surface area contributed by atoms with Crippen molar-refractivity contribution in [3.63, 3.8) is 0 Å². The highest BCUT2D eigenvalue weighted by atomic mass is 16.2. The molecule has 1 heterocycles. The summed E-state index contributed by atoms with van der Waals surface area (Å²) in [6.45, 7) is 18.3. The average Bonchev–Trinajstić information content (AvgIpc) is 2.99. The summed E-state index contributed by atoms with van der Waals surface area (Å²) in [7, 11) is 0. The first kappa shape index (κ1) is 40.5. The number of nitrogens with one attached hydrogen (secondary N) is 6. The van der Waals surface area contributed by atoms with Crippen molar-refractivity contribution >= 4 is 29.5 Å². The van der Waals surface area contributed by atoms with Gasteiger partial charge in [0.25, 0.3) is 5.91 Å². The van der Waals surface area contributed by atoms with Crippen LogP contribution in [0.25, 0.3) is 0 Å². The van der Waals surface area contributed by atoms with E-state index in [0.29, 0.717) is 50.8 Å². The van der Waals surface area contributed by atoms with Crippen LogP contribution < -0.4 is 31.9 Å². The summed E-state index contributed by atoms with van der Waals surface area (Å²) >= 11 is 0. The molecule has 12 heteroatoms. The molecule has 0 bridgehead atoms. The Morgan fingerprint density at radius 2 is 1.28 bits per heavy atom. The number of pyridine rings is 1. The smallest absolute Gasteiger partial charge is 0.252 e. The lowest BCUT2D eigenvalue weighted by Gasteiger charge is -2.28. The van der Waals surface area contributed by atoms with Gasteiger partial charge in [0.15, 0.2) is 0 Å². The van der Waals surface area contributed by atoms with E-state index in [-0.39, 0.29) is 47.4 Å². The van der Waals surface area contributed by atoms with E-state index >= 15 is 0 Å². The van der Waals surface area contributed by atoms with Gasteiger partial charge in [-0.2, -0.15) is 0 Å². The summed E-state index contributed by atoms with van der Waals surface area (Å²) in [5, 5.41) is 17.7. The summed E-state index contributed by atoms with van der Waals surface area (Å²) < 4.78 is 0. The van der Waals surface area contributed by atoms with Gasteiger partial charge in [0.1, 0.15) is 18.1 Å². The molecular weight excluding hydrogens is 586 g/mol. The second-order valence-electron chi connectivity index (χ2n) is 13.1. The molecule has 5 atom stereocenters. The lowest BCUT2D eigenvalue weighted by molar-refractivity contribution is -0.131. The summed E-state index contributed by atoms with van der Waals surface area (Å²) in [4.78, 5) is 69.5. The van der Waals surface area contributed by atoms with Crippen molar-refractivity contribution in [3.05, 3.63) is 30.1 Å². The lowest BCUT2D eigenvalue weighted by atomic mass is 10.0. The molecule has 46 heavy (non-hydrogen) atoms. The fraction of sp³-hybridized carbons (Fsp3) is 0.706. The maximum atomic E-state index is 13.6. The van der Waals surface area contributed by atoms with Gasteiger partial charge in [0.05, 0.1) is 6.04 Å². The Hall–Kier alpha value is -3.54. The molecule has 12 nitrogen and oxygen atoms in total. The Morgan fingerprint density at radius 1 is 0.696 bits per heavy atom. The summed E-state index contributed by atoms with van der Waals surface area (Å²) in [5.74, 6) is -1.34. The van der Waals surface area contributed by atoms with E-state index < -0.39 is 30.1 Å². The van der Waals surface area contributed by atoms with Crippen molar-refractivity contribution in [2.45, 2.75) is 125 Å². The van der Waals surface area contributed by atoms with E-state index in [1.165, 1.54) is 12.4 Å². The van der Waals surface area contributed by atoms with Crippen LogP contribution >= 0.6 is 0 Å². The largest absolute Gasteiger partial charge is 0.355 e. The predicted molar refractivity (Wildman–Crippen MR) is 181 cm³/mol. The Balaban J connectivity index is 3.00. The molecule has 6 N–H and O–H groups in total. The van der Waals surface area contributed by atoms with E-state index in [2.05, 4.69) is 50.7 Å². The van der Waals surface area contributed by atoms with Crippen molar-refractivity contribution in [2.24, 2.45) is 17.8 Å². The molecular formula is C34H59N7O5. The molecule has 0 aliphatic carbocycles. The minimum Gasteiger partial charge on any atom is -0.355 e. The maximum Gasteiger partial charge on any atom is 0.252 e. The van der Waals surface area contributed by atoms with Crippen LogP contribution in [0.15, 0.2) is 24.5 Å². The van der Waals surface area contributed by atoms with Gasteiger partial charge in [-0.25, -0.2) is 0 Å². The number of rotatable bonds is 21. The molecule has 0 fully saturated rings.